The van der Waals surface area contributed by atoms with Gasteiger partial charge in [0.25, 0.3) is 0 Å². The van der Waals surface area contributed by atoms with Crippen LogP contribution in [0, 0.1) is 0 Å². The standard InChI is InChI=1S/C17H22N2O4/c1-10(2)11-4-3-5-12(8-11)14-9-19(17(22)23-14)13-6-7-15(20)18-16(13)21/h3-5,8,10,13-14,17,22H,6-7,9H2,1-2H3,(H,18,20,21)/t13?,14-,17?/m0/s1. The zero-order chi connectivity index (χ0) is 16.6. The molecule has 0 saturated carbocycles. The number of aliphatic hydroxyl groups excluding tert-OH is 1. The van der Waals surface area contributed by atoms with E-state index in [2.05, 4.69) is 31.3 Å². The Kier molecular flexibility index (Phi) is 4.48. The predicted octanol–water partition coefficient (Wildman–Crippen LogP) is 1.26. The highest BCUT2D eigenvalue weighted by Crippen LogP contribution is 2.32. The van der Waals surface area contributed by atoms with Crippen LogP contribution in [-0.2, 0) is 14.3 Å². The molecule has 1 aromatic carbocycles. The third-order valence-electron chi connectivity index (χ3n) is 4.51. The molecule has 2 heterocycles. The zero-order valence-electron chi connectivity index (χ0n) is 13.4. The summed E-state index contributed by atoms with van der Waals surface area (Å²) < 4.78 is 5.64. The van der Waals surface area contributed by atoms with Crippen LogP contribution in [0.15, 0.2) is 24.3 Å². The lowest BCUT2D eigenvalue weighted by atomic mass is 9.98. The molecule has 6 nitrogen and oxygen atoms in total. The van der Waals surface area contributed by atoms with Crippen molar-refractivity contribution in [2.45, 2.75) is 51.2 Å². The van der Waals surface area contributed by atoms with Crippen molar-refractivity contribution in [2.24, 2.45) is 0 Å². The number of aliphatic hydroxyl groups is 1. The number of nitrogens with one attached hydrogen (secondary N) is 1. The summed E-state index contributed by atoms with van der Waals surface area (Å²) >= 11 is 0. The van der Waals surface area contributed by atoms with Crippen LogP contribution in [0.4, 0.5) is 0 Å². The molecule has 2 unspecified atom stereocenters. The van der Waals surface area contributed by atoms with Crippen LogP contribution in [0.5, 0.6) is 0 Å². The molecule has 2 N–H and O–H groups in total. The van der Waals surface area contributed by atoms with Gasteiger partial charge in [0.1, 0.15) is 0 Å². The number of hydrogen-bond acceptors (Lipinski definition) is 5. The second kappa shape index (κ2) is 6.39. The number of nitrogens with zero attached hydrogens (tertiary/aromatic N) is 1. The topological polar surface area (TPSA) is 78.9 Å². The van der Waals surface area contributed by atoms with Gasteiger partial charge in [-0.05, 0) is 23.5 Å². The number of piperidine rings is 1. The second-order valence-corrected chi connectivity index (χ2v) is 6.44. The molecule has 23 heavy (non-hydrogen) atoms. The molecular weight excluding hydrogens is 296 g/mol. The van der Waals surface area contributed by atoms with E-state index in [1.807, 2.05) is 12.1 Å². The maximum atomic E-state index is 12.0. The van der Waals surface area contributed by atoms with Gasteiger partial charge in [0.2, 0.25) is 18.2 Å². The van der Waals surface area contributed by atoms with Crippen molar-refractivity contribution in [1.29, 1.82) is 0 Å². The molecule has 6 heteroatoms. The van der Waals surface area contributed by atoms with E-state index in [0.717, 1.165) is 5.56 Å². The molecule has 3 atom stereocenters. The molecule has 2 aliphatic rings. The van der Waals surface area contributed by atoms with Gasteiger partial charge in [0.15, 0.2) is 0 Å². The first-order chi connectivity index (χ1) is 11.0. The Morgan fingerprint density at radius 2 is 2.13 bits per heavy atom. The Morgan fingerprint density at radius 1 is 1.35 bits per heavy atom. The Balaban J connectivity index is 1.74. The number of carbonyl (C=O) groups is 2. The summed E-state index contributed by atoms with van der Waals surface area (Å²) in [7, 11) is 0. The van der Waals surface area contributed by atoms with E-state index in [0.29, 0.717) is 18.9 Å². The molecule has 2 saturated heterocycles. The number of hydrogen-bond donors (Lipinski definition) is 2. The average Bonchev–Trinajstić information content (AvgIpc) is 2.89. The van der Waals surface area contributed by atoms with Crippen LogP contribution >= 0.6 is 0 Å². The Morgan fingerprint density at radius 3 is 2.83 bits per heavy atom. The average molecular weight is 318 g/mol. The Labute approximate surface area is 135 Å². The molecule has 2 fully saturated rings. The van der Waals surface area contributed by atoms with E-state index >= 15 is 0 Å². The monoisotopic (exact) mass is 318 g/mol. The predicted molar refractivity (Wildman–Crippen MR) is 83.2 cm³/mol. The fraction of sp³-hybridized carbons (Fsp3) is 0.529. The third kappa shape index (κ3) is 3.29. The molecular formula is C17H22N2O4. The first-order valence-corrected chi connectivity index (χ1v) is 7.98. The van der Waals surface area contributed by atoms with Crippen LogP contribution in [0.3, 0.4) is 0 Å². The van der Waals surface area contributed by atoms with Crippen LogP contribution < -0.4 is 5.32 Å². The lowest BCUT2D eigenvalue weighted by Crippen LogP contribution is -2.54. The lowest BCUT2D eigenvalue weighted by molar-refractivity contribution is -0.170. The van der Waals surface area contributed by atoms with Gasteiger partial charge in [-0.15, -0.1) is 0 Å². The van der Waals surface area contributed by atoms with Gasteiger partial charge in [-0.2, -0.15) is 0 Å². The van der Waals surface area contributed by atoms with Crippen molar-refractivity contribution in [1.82, 2.24) is 10.2 Å². The largest absolute Gasteiger partial charge is 0.356 e. The van der Waals surface area contributed by atoms with Gasteiger partial charge in [0, 0.05) is 13.0 Å². The summed E-state index contributed by atoms with van der Waals surface area (Å²) in [5.41, 5.74) is 2.20. The Bertz CT molecular complexity index is 616. The summed E-state index contributed by atoms with van der Waals surface area (Å²) in [6, 6.07) is 7.57. The molecule has 0 spiro atoms. The van der Waals surface area contributed by atoms with Gasteiger partial charge in [-0.3, -0.25) is 14.9 Å². The lowest BCUT2D eigenvalue weighted by Gasteiger charge is -2.30. The summed E-state index contributed by atoms with van der Waals surface area (Å²) in [5, 5.41) is 12.5. The molecule has 1 aromatic rings. The molecule has 0 aliphatic carbocycles. The number of ether oxygens (including phenoxy) is 1. The molecule has 2 amide bonds. The summed E-state index contributed by atoms with van der Waals surface area (Å²) in [4.78, 5) is 24.9. The van der Waals surface area contributed by atoms with Crippen molar-refractivity contribution < 1.29 is 19.4 Å². The minimum Gasteiger partial charge on any atom is -0.356 e. The third-order valence-corrected chi connectivity index (χ3v) is 4.51. The van der Waals surface area contributed by atoms with Gasteiger partial charge < -0.3 is 9.84 Å². The van der Waals surface area contributed by atoms with E-state index in [-0.39, 0.29) is 24.3 Å². The van der Waals surface area contributed by atoms with Crippen molar-refractivity contribution in [2.75, 3.05) is 6.54 Å². The number of amides is 2. The quantitative estimate of drug-likeness (QED) is 0.821. The smallest absolute Gasteiger partial charge is 0.244 e. The summed E-state index contributed by atoms with van der Waals surface area (Å²) in [6.45, 7) is 4.67. The first-order valence-electron chi connectivity index (χ1n) is 7.98. The number of imide groups is 1. The van der Waals surface area contributed by atoms with Crippen LogP contribution in [0.1, 0.15) is 49.8 Å². The minimum absolute atomic E-state index is 0.262. The molecule has 0 radical (unpaired) electrons. The molecule has 0 bridgehead atoms. The molecule has 0 aromatic heterocycles. The maximum Gasteiger partial charge on any atom is 0.244 e. The van der Waals surface area contributed by atoms with Gasteiger partial charge in [0.05, 0.1) is 12.1 Å². The van der Waals surface area contributed by atoms with E-state index in [9.17, 15) is 14.7 Å². The van der Waals surface area contributed by atoms with Crippen molar-refractivity contribution in [3.63, 3.8) is 0 Å². The highest BCUT2D eigenvalue weighted by atomic mass is 16.6. The second-order valence-electron chi connectivity index (χ2n) is 6.44. The van der Waals surface area contributed by atoms with E-state index < -0.39 is 12.5 Å². The van der Waals surface area contributed by atoms with Gasteiger partial charge in [-0.25, -0.2) is 4.90 Å². The van der Waals surface area contributed by atoms with Crippen molar-refractivity contribution >= 4 is 11.8 Å². The van der Waals surface area contributed by atoms with E-state index in [1.165, 1.54) is 5.56 Å². The van der Waals surface area contributed by atoms with E-state index in [4.69, 9.17) is 4.74 Å². The van der Waals surface area contributed by atoms with Crippen molar-refractivity contribution in [3.8, 4) is 0 Å². The SMILES string of the molecule is CC(C)c1cccc([C@@H]2CN(C3CCC(=O)NC3=O)C(O)O2)c1. The first kappa shape index (κ1) is 16.1. The van der Waals surface area contributed by atoms with Gasteiger partial charge >= 0.3 is 0 Å². The fourth-order valence-electron chi connectivity index (χ4n) is 3.13. The van der Waals surface area contributed by atoms with Crippen LogP contribution in [-0.4, -0.2) is 40.8 Å². The number of carbonyl (C=O) groups excluding carboxylic acids is 2. The normalized spacial score (nSPS) is 29.1. The number of rotatable bonds is 3. The molecule has 124 valence electrons. The molecule has 3 rings (SSSR count). The highest BCUT2D eigenvalue weighted by Gasteiger charge is 2.41. The van der Waals surface area contributed by atoms with Crippen molar-refractivity contribution in [3.05, 3.63) is 35.4 Å². The number of benzene rings is 1. The maximum absolute atomic E-state index is 12.0. The highest BCUT2D eigenvalue weighted by molar-refractivity contribution is 6.00. The van der Waals surface area contributed by atoms with E-state index in [1.54, 1.807) is 4.90 Å². The van der Waals surface area contributed by atoms with Crippen LogP contribution in [0.25, 0.3) is 0 Å². The Hall–Kier alpha value is -1.76. The van der Waals surface area contributed by atoms with Gasteiger partial charge in [-0.1, -0.05) is 38.1 Å². The summed E-state index contributed by atoms with van der Waals surface area (Å²) in [5.74, 6) is -0.213. The fourth-order valence-corrected chi connectivity index (χ4v) is 3.13. The summed E-state index contributed by atoms with van der Waals surface area (Å²) in [6.07, 6.45) is -0.725. The minimum atomic E-state index is -1.13. The van der Waals surface area contributed by atoms with Crippen LogP contribution in [0.2, 0.25) is 0 Å². The zero-order valence-corrected chi connectivity index (χ0v) is 13.4. The molecule has 2 aliphatic heterocycles.